The van der Waals surface area contributed by atoms with Gasteiger partial charge in [-0.1, -0.05) is 48.5 Å². The number of carbonyl (C=O) groups excluding carboxylic acids is 4. The zero-order valence-corrected chi connectivity index (χ0v) is 22.6. The summed E-state index contributed by atoms with van der Waals surface area (Å²) in [4.78, 5) is 60.9. The average Bonchev–Trinajstić information content (AvgIpc) is 3.47. The molecule has 0 aromatic heterocycles. The Hall–Kier alpha value is -4.67. The number of hydrogen-bond donors (Lipinski definition) is 0. The van der Waals surface area contributed by atoms with Crippen molar-refractivity contribution in [2.75, 3.05) is 32.8 Å². The fraction of sp³-hybridized carbons (Fsp3) is 0.345. The number of esters is 3. The van der Waals surface area contributed by atoms with Crippen LogP contribution in [0.3, 0.4) is 0 Å². The number of rotatable bonds is 6. The van der Waals surface area contributed by atoms with Crippen LogP contribution in [0.5, 0.6) is 0 Å². The third kappa shape index (κ3) is 3.92. The number of amides is 1. The third-order valence-corrected chi connectivity index (χ3v) is 7.59. The highest BCUT2D eigenvalue weighted by Gasteiger charge is 2.68. The molecule has 0 N–H and O–H groups in total. The molecular formula is C29H29N3O8. The van der Waals surface area contributed by atoms with Crippen molar-refractivity contribution < 1.29 is 38.1 Å². The number of methoxy groups -OCH3 is 3. The number of carbonyl (C=O) groups is 4. The summed E-state index contributed by atoms with van der Waals surface area (Å²) < 4.78 is 20.6. The Kier molecular flexibility index (Phi) is 7.05. The van der Waals surface area contributed by atoms with Crippen molar-refractivity contribution in [3.05, 3.63) is 77.0 Å². The van der Waals surface area contributed by atoms with Crippen LogP contribution in [0.25, 0.3) is 0 Å². The maximum absolute atomic E-state index is 13.5. The van der Waals surface area contributed by atoms with Crippen LogP contribution in [0.1, 0.15) is 24.5 Å². The van der Waals surface area contributed by atoms with Crippen LogP contribution in [0.4, 0.5) is 10.5 Å². The smallest absolute Gasteiger partial charge is 0.416 e. The van der Waals surface area contributed by atoms with Crippen LogP contribution in [-0.2, 0) is 45.3 Å². The number of amidine groups is 1. The lowest BCUT2D eigenvalue weighted by atomic mass is 9.69. The Bertz CT molecular complexity index is 1440. The molecule has 1 amide bonds. The van der Waals surface area contributed by atoms with Crippen molar-refractivity contribution in [1.82, 2.24) is 4.90 Å². The SMILES string of the molecule is CCOC(=O)N1C2=NC(C(=O)OC)=C(C(=O)OC)[C@@H]3N(Cc4ccccc4)c4ccccc4[C@]23C[C@H]1C(=O)OC. The summed E-state index contributed by atoms with van der Waals surface area (Å²) in [5.41, 5.74) is 0.881. The molecule has 5 rings (SSSR count). The van der Waals surface area contributed by atoms with Crippen LogP contribution < -0.4 is 4.90 Å². The molecule has 3 aliphatic heterocycles. The Morgan fingerprint density at radius 1 is 0.925 bits per heavy atom. The quantitative estimate of drug-likeness (QED) is 0.397. The van der Waals surface area contributed by atoms with Crippen LogP contribution in [0.15, 0.2) is 70.9 Å². The van der Waals surface area contributed by atoms with E-state index < -0.39 is 41.5 Å². The molecule has 11 heteroatoms. The lowest BCUT2D eigenvalue weighted by molar-refractivity contribution is -0.144. The van der Waals surface area contributed by atoms with Gasteiger partial charge in [-0.2, -0.15) is 0 Å². The summed E-state index contributed by atoms with van der Waals surface area (Å²) in [7, 11) is 3.62. The molecule has 1 saturated heterocycles. The molecule has 3 heterocycles. The van der Waals surface area contributed by atoms with Gasteiger partial charge in [0.1, 0.15) is 11.9 Å². The van der Waals surface area contributed by atoms with Crippen LogP contribution in [0, 0.1) is 0 Å². The highest BCUT2D eigenvalue weighted by Crippen LogP contribution is 2.58. The summed E-state index contributed by atoms with van der Waals surface area (Å²) in [6, 6.07) is 15.1. The summed E-state index contributed by atoms with van der Waals surface area (Å²) in [5.74, 6) is -2.25. The molecule has 1 spiro atoms. The highest BCUT2D eigenvalue weighted by molar-refractivity contribution is 6.16. The summed E-state index contributed by atoms with van der Waals surface area (Å²) in [6.07, 6.45) is -0.795. The van der Waals surface area contributed by atoms with Crippen LogP contribution >= 0.6 is 0 Å². The van der Waals surface area contributed by atoms with E-state index in [9.17, 15) is 19.2 Å². The number of fused-ring (bicyclic) bond motifs is 1. The van der Waals surface area contributed by atoms with Gasteiger partial charge in [-0.15, -0.1) is 0 Å². The van der Waals surface area contributed by atoms with E-state index in [-0.39, 0.29) is 30.1 Å². The Morgan fingerprint density at radius 3 is 2.25 bits per heavy atom. The zero-order valence-electron chi connectivity index (χ0n) is 22.6. The van der Waals surface area contributed by atoms with Gasteiger partial charge in [-0.25, -0.2) is 29.1 Å². The first kappa shape index (κ1) is 26.9. The standard InChI is InChI=1S/C29H29N3O8/c1-5-40-28(36)32-20(24(33)37-2)15-29-18-13-9-10-14-19(18)31(16-17-11-7-6-8-12-17)23(29)21(25(34)38-3)22(26(35)39-4)30-27(29)32/h6-14,20,23H,5,15-16H2,1-4H3/t20-,23-,29-/m0/s1. The number of nitrogens with zero attached hydrogens (tertiary/aromatic N) is 3. The van der Waals surface area contributed by atoms with Gasteiger partial charge in [-0.05, 0) is 30.5 Å². The molecule has 1 fully saturated rings. The van der Waals surface area contributed by atoms with E-state index in [1.807, 2.05) is 59.5 Å². The molecule has 0 bridgehead atoms. The normalized spacial score (nSPS) is 22.6. The minimum atomic E-state index is -1.21. The highest BCUT2D eigenvalue weighted by atomic mass is 16.6. The fourth-order valence-electron chi connectivity index (χ4n) is 6.08. The van der Waals surface area contributed by atoms with Crippen molar-refractivity contribution in [3.63, 3.8) is 0 Å². The molecule has 40 heavy (non-hydrogen) atoms. The topological polar surface area (TPSA) is 124 Å². The summed E-state index contributed by atoms with van der Waals surface area (Å²) in [5, 5.41) is 0. The Labute approximate surface area is 231 Å². The molecule has 2 aromatic carbocycles. The lowest BCUT2D eigenvalue weighted by Crippen LogP contribution is -2.55. The molecule has 3 atom stereocenters. The predicted octanol–water partition coefficient (Wildman–Crippen LogP) is 2.73. The minimum absolute atomic E-state index is 0.0270. The van der Waals surface area contributed by atoms with E-state index >= 15 is 0 Å². The van der Waals surface area contributed by atoms with Crippen molar-refractivity contribution in [2.24, 2.45) is 4.99 Å². The second-order valence-electron chi connectivity index (χ2n) is 9.50. The number of aliphatic imine (C=N–C) groups is 1. The molecule has 2 aromatic rings. The van der Waals surface area contributed by atoms with Gasteiger partial charge in [0.2, 0.25) is 0 Å². The lowest BCUT2D eigenvalue weighted by Gasteiger charge is -2.40. The van der Waals surface area contributed by atoms with Gasteiger partial charge in [0.05, 0.1) is 45.0 Å². The average molecular weight is 548 g/mol. The second-order valence-corrected chi connectivity index (χ2v) is 9.50. The molecule has 11 nitrogen and oxygen atoms in total. The molecule has 3 aliphatic rings. The van der Waals surface area contributed by atoms with Crippen molar-refractivity contribution in [3.8, 4) is 0 Å². The predicted molar refractivity (Wildman–Crippen MR) is 142 cm³/mol. The first-order valence-electron chi connectivity index (χ1n) is 12.8. The van der Waals surface area contributed by atoms with E-state index in [2.05, 4.69) is 4.99 Å². The number of benzene rings is 2. The molecule has 208 valence electrons. The van der Waals surface area contributed by atoms with Crippen molar-refractivity contribution in [1.29, 1.82) is 0 Å². The number of anilines is 1. The summed E-state index contributed by atoms with van der Waals surface area (Å²) >= 11 is 0. The second kappa shape index (κ2) is 10.5. The van der Waals surface area contributed by atoms with E-state index in [4.69, 9.17) is 18.9 Å². The zero-order chi connectivity index (χ0) is 28.6. The first-order chi connectivity index (χ1) is 19.3. The van der Waals surface area contributed by atoms with E-state index in [1.54, 1.807) is 6.92 Å². The van der Waals surface area contributed by atoms with E-state index in [1.165, 1.54) is 21.3 Å². The van der Waals surface area contributed by atoms with E-state index in [0.717, 1.165) is 21.7 Å². The first-order valence-corrected chi connectivity index (χ1v) is 12.8. The van der Waals surface area contributed by atoms with Crippen LogP contribution in [-0.4, -0.2) is 74.8 Å². The van der Waals surface area contributed by atoms with Crippen molar-refractivity contribution in [2.45, 2.75) is 37.4 Å². The largest absolute Gasteiger partial charge is 0.467 e. The number of hydrogen-bond acceptors (Lipinski definition) is 10. The van der Waals surface area contributed by atoms with Gasteiger partial charge < -0.3 is 23.8 Å². The van der Waals surface area contributed by atoms with Gasteiger partial charge in [-0.3, -0.25) is 0 Å². The van der Waals surface area contributed by atoms with E-state index in [0.29, 0.717) is 6.54 Å². The van der Waals surface area contributed by atoms with Gasteiger partial charge in [0.25, 0.3) is 0 Å². The molecule has 0 aliphatic carbocycles. The molecule has 0 radical (unpaired) electrons. The fourth-order valence-corrected chi connectivity index (χ4v) is 6.08. The Balaban J connectivity index is 1.85. The van der Waals surface area contributed by atoms with Gasteiger partial charge >= 0.3 is 24.0 Å². The number of likely N-dealkylation sites (tertiary alicyclic amines) is 1. The third-order valence-electron chi connectivity index (χ3n) is 7.59. The number of para-hydroxylation sites is 1. The van der Waals surface area contributed by atoms with Crippen LogP contribution in [0.2, 0.25) is 0 Å². The molecule has 0 unspecified atom stereocenters. The monoisotopic (exact) mass is 547 g/mol. The maximum atomic E-state index is 13.5. The number of ether oxygens (including phenoxy) is 4. The molecule has 0 saturated carbocycles. The minimum Gasteiger partial charge on any atom is -0.467 e. The summed E-state index contributed by atoms with van der Waals surface area (Å²) in [6.45, 7) is 2.02. The maximum Gasteiger partial charge on any atom is 0.416 e. The van der Waals surface area contributed by atoms with Crippen molar-refractivity contribution >= 4 is 35.5 Å². The molecular weight excluding hydrogens is 518 g/mol. The van der Waals surface area contributed by atoms with Gasteiger partial charge in [0.15, 0.2) is 5.70 Å². The Morgan fingerprint density at radius 2 is 1.60 bits per heavy atom. The van der Waals surface area contributed by atoms with Gasteiger partial charge in [0, 0.05) is 12.2 Å².